The maximum Gasteiger partial charge on any atom is 0.188 e. The summed E-state index contributed by atoms with van der Waals surface area (Å²) in [6, 6.07) is 8.33. The second kappa shape index (κ2) is 4.53. The molecule has 0 aromatic heterocycles. The second-order valence-corrected chi connectivity index (χ2v) is 3.65. The van der Waals surface area contributed by atoms with Crippen molar-refractivity contribution in [1.29, 1.82) is 0 Å². The van der Waals surface area contributed by atoms with Crippen LogP contribution in [0.25, 0.3) is 0 Å². The van der Waals surface area contributed by atoms with E-state index in [4.69, 9.17) is 17.2 Å². The van der Waals surface area contributed by atoms with Crippen molar-refractivity contribution in [3.63, 3.8) is 0 Å². The Hall–Kier alpha value is -1.23. The zero-order valence-corrected chi connectivity index (χ0v) is 8.81. The molecule has 0 radical (unpaired) electrons. The zero-order valence-electron chi connectivity index (χ0n) is 8.81. The van der Waals surface area contributed by atoms with Crippen LogP contribution in [0.1, 0.15) is 24.9 Å². The molecule has 1 aromatic carbocycles. The lowest BCUT2D eigenvalue weighted by Crippen LogP contribution is -2.58. The normalized spacial score (nSPS) is 13.6. The van der Waals surface area contributed by atoms with Gasteiger partial charge in [0.1, 0.15) is 5.66 Å². The Morgan fingerprint density at radius 3 is 2.33 bits per heavy atom. The molecule has 0 heterocycles. The molecule has 4 nitrogen and oxygen atoms in total. The number of rotatable bonds is 4. The van der Waals surface area contributed by atoms with E-state index in [9.17, 15) is 4.79 Å². The van der Waals surface area contributed by atoms with E-state index in [0.29, 0.717) is 6.42 Å². The van der Waals surface area contributed by atoms with Gasteiger partial charge in [-0.3, -0.25) is 4.79 Å². The zero-order chi connectivity index (χ0) is 11.5. The second-order valence-electron chi connectivity index (χ2n) is 3.65. The highest BCUT2D eigenvalue weighted by atomic mass is 16.1. The van der Waals surface area contributed by atoms with Crippen molar-refractivity contribution in [3.05, 3.63) is 35.9 Å². The molecular formula is C11H17N3O. The molecule has 0 saturated carbocycles. The Morgan fingerprint density at radius 2 is 1.87 bits per heavy atom. The predicted octanol–water partition coefficient (Wildman–Crippen LogP) is 0.279. The number of nitrogens with two attached hydrogens (primary N) is 3. The van der Waals surface area contributed by atoms with E-state index < -0.39 is 11.7 Å². The Balaban J connectivity index is 2.87. The van der Waals surface area contributed by atoms with E-state index in [1.54, 1.807) is 19.1 Å². The molecule has 0 fully saturated rings. The predicted molar refractivity (Wildman–Crippen MR) is 59.8 cm³/mol. The first kappa shape index (κ1) is 11.8. The third-order valence-corrected chi connectivity index (χ3v) is 2.48. The summed E-state index contributed by atoms with van der Waals surface area (Å²) in [5, 5.41) is 0. The highest BCUT2D eigenvalue weighted by molar-refractivity contribution is 5.92. The van der Waals surface area contributed by atoms with Gasteiger partial charge in [0.25, 0.3) is 0 Å². The van der Waals surface area contributed by atoms with Gasteiger partial charge in [-0.05, 0) is 12.0 Å². The molecule has 1 unspecified atom stereocenters. The van der Waals surface area contributed by atoms with E-state index in [1.807, 2.05) is 18.2 Å². The minimum Gasteiger partial charge on any atom is -0.318 e. The molecule has 1 atom stereocenters. The Kier molecular flexibility index (Phi) is 3.57. The quantitative estimate of drug-likeness (QED) is 0.618. The molecule has 0 saturated heterocycles. The van der Waals surface area contributed by atoms with Crippen molar-refractivity contribution in [3.8, 4) is 0 Å². The highest BCUT2D eigenvalue weighted by Gasteiger charge is 2.32. The van der Waals surface area contributed by atoms with Crippen LogP contribution in [0, 0.1) is 0 Å². The first-order chi connectivity index (χ1) is 6.99. The van der Waals surface area contributed by atoms with E-state index in [1.165, 1.54) is 0 Å². The van der Waals surface area contributed by atoms with Gasteiger partial charge in [-0.2, -0.15) is 0 Å². The molecule has 0 spiro atoms. The lowest BCUT2D eigenvalue weighted by atomic mass is 9.93. The van der Waals surface area contributed by atoms with E-state index in [-0.39, 0.29) is 5.78 Å². The fourth-order valence-electron chi connectivity index (χ4n) is 1.28. The minimum absolute atomic E-state index is 0.337. The smallest absolute Gasteiger partial charge is 0.188 e. The molecule has 4 heteroatoms. The average molecular weight is 207 g/mol. The minimum atomic E-state index is -1.34. The fraction of sp³-hybridized carbons (Fsp3) is 0.364. The van der Waals surface area contributed by atoms with Gasteiger partial charge in [-0.25, -0.2) is 0 Å². The van der Waals surface area contributed by atoms with E-state index >= 15 is 0 Å². The van der Waals surface area contributed by atoms with Crippen molar-refractivity contribution >= 4 is 5.78 Å². The van der Waals surface area contributed by atoms with Crippen molar-refractivity contribution in [2.24, 2.45) is 17.2 Å². The number of hydrogen-bond donors (Lipinski definition) is 3. The van der Waals surface area contributed by atoms with Crippen LogP contribution in [0.4, 0.5) is 0 Å². The van der Waals surface area contributed by atoms with Gasteiger partial charge in [0, 0.05) is 0 Å². The van der Waals surface area contributed by atoms with Crippen LogP contribution in [0.3, 0.4) is 0 Å². The van der Waals surface area contributed by atoms with Crippen LogP contribution in [0.15, 0.2) is 30.3 Å². The van der Waals surface area contributed by atoms with Crippen LogP contribution in [-0.4, -0.2) is 11.4 Å². The number of ketones is 1. The van der Waals surface area contributed by atoms with Crippen LogP contribution in [0.5, 0.6) is 0 Å². The first-order valence-corrected chi connectivity index (χ1v) is 4.91. The lowest BCUT2D eigenvalue weighted by Gasteiger charge is -2.24. The SMILES string of the molecule is CCC(N)(N)C(=O)C(N)c1ccccc1. The van der Waals surface area contributed by atoms with Crippen LogP contribution < -0.4 is 17.2 Å². The molecule has 0 aliphatic rings. The number of carbonyl (C=O) groups is 1. The summed E-state index contributed by atoms with van der Waals surface area (Å²) < 4.78 is 0. The van der Waals surface area contributed by atoms with E-state index in [0.717, 1.165) is 5.56 Å². The molecule has 0 bridgehead atoms. The monoisotopic (exact) mass is 207 g/mol. The maximum absolute atomic E-state index is 11.8. The summed E-state index contributed by atoms with van der Waals surface area (Å²) in [5.74, 6) is -0.337. The largest absolute Gasteiger partial charge is 0.318 e. The van der Waals surface area contributed by atoms with Gasteiger partial charge >= 0.3 is 0 Å². The topological polar surface area (TPSA) is 95.1 Å². The summed E-state index contributed by atoms with van der Waals surface area (Å²) in [5.41, 5.74) is 16.5. The molecule has 0 aliphatic carbocycles. The third-order valence-electron chi connectivity index (χ3n) is 2.48. The van der Waals surface area contributed by atoms with Crippen LogP contribution in [0.2, 0.25) is 0 Å². The average Bonchev–Trinajstić information content (AvgIpc) is 2.28. The molecule has 15 heavy (non-hydrogen) atoms. The van der Waals surface area contributed by atoms with Crippen molar-refractivity contribution in [2.75, 3.05) is 0 Å². The number of carbonyl (C=O) groups excluding carboxylic acids is 1. The Morgan fingerprint density at radius 1 is 1.33 bits per heavy atom. The van der Waals surface area contributed by atoms with Gasteiger partial charge < -0.3 is 17.2 Å². The summed E-state index contributed by atoms with van der Waals surface area (Å²) in [7, 11) is 0. The third kappa shape index (κ3) is 2.62. The Bertz CT molecular complexity index is 335. The number of benzene rings is 1. The van der Waals surface area contributed by atoms with Crippen molar-refractivity contribution in [2.45, 2.75) is 25.0 Å². The summed E-state index contributed by atoms with van der Waals surface area (Å²) in [6.45, 7) is 1.76. The molecular weight excluding hydrogens is 190 g/mol. The number of hydrogen-bond acceptors (Lipinski definition) is 4. The van der Waals surface area contributed by atoms with Crippen LogP contribution >= 0.6 is 0 Å². The van der Waals surface area contributed by atoms with Gasteiger partial charge in [0.2, 0.25) is 0 Å². The molecule has 0 amide bonds. The molecule has 1 aromatic rings. The number of Topliss-reactive ketones (excluding diaryl/α,β-unsaturated/α-hetero) is 1. The first-order valence-electron chi connectivity index (χ1n) is 4.91. The molecule has 82 valence electrons. The summed E-state index contributed by atoms with van der Waals surface area (Å²) in [6.07, 6.45) is 0.367. The highest BCUT2D eigenvalue weighted by Crippen LogP contribution is 2.15. The standard InChI is InChI=1S/C11H17N3O/c1-2-11(13,14)10(15)9(12)8-6-4-3-5-7-8/h3-7,9H,2,12-14H2,1H3. The Labute approximate surface area is 89.4 Å². The van der Waals surface area contributed by atoms with Crippen molar-refractivity contribution < 1.29 is 4.79 Å². The maximum atomic E-state index is 11.8. The molecule has 0 aliphatic heterocycles. The lowest BCUT2D eigenvalue weighted by molar-refractivity contribution is -0.125. The van der Waals surface area contributed by atoms with Crippen molar-refractivity contribution in [1.82, 2.24) is 0 Å². The molecule has 6 N–H and O–H groups in total. The van der Waals surface area contributed by atoms with Gasteiger partial charge in [0.15, 0.2) is 5.78 Å². The fourth-order valence-corrected chi connectivity index (χ4v) is 1.28. The van der Waals surface area contributed by atoms with Gasteiger partial charge in [0.05, 0.1) is 6.04 Å². The van der Waals surface area contributed by atoms with Gasteiger partial charge in [-0.15, -0.1) is 0 Å². The molecule has 1 rings (SSSR count). The summed E-state index contributed by atoms with van der Waals surface area (Å²) in [4.78, 5) is 11.8. The van der Waals surface area contributed by atoms with E-state index in [2.05, 4.69) is 0 Å². The van der Waals surface area contributed by atoms with Gasteiger partial charge in [-0.1, -0.05) is 37.3 Å². The van der Waals surface area contributed by atoms with Crippen LogP contribution in [-0.2, 0) is 4.79 Å². The summed E-state index contributed by atoms with van der Waals surface area (Å²) >= 11 is 0.